The molecule has 0 unspecified atom stereocenters. The second kappa shape index (κ2) is 6.69. The van der Waals surface area contributed by atoms with Crippen LogP contribution in [0.3, 0.4) is 0 Å². The van der Waals surface area contributed by atoms with E-state index in [4.69, 9.17) is 9.47 Å². The van der Waals surface area contributed by atoms with Gasteiger partial charge in [0.1, 0.15) is 0 Å². The van der Waals surface area contributed by atoms with Crippen LogP contribution in [0.15, 0.2) is 36.5 Å². The molecule has 0 N–H and O–H groups in total. The Kier molecular flexibility index (Phi) is 4.94. The van der Waals surface area contributed by atoms with Gasteiger partial charge in [0, 0.05) is 21.4 Å². The highest BCUT2D eigenvalue weighted by Gasteiger charge is 2.11. The van der Waals surface area contributed by atoms with E-state index < -0.39 is 0 Å². The molecule has 2 rings (SSSR count). The highest BCUT2D eigenvalue weighted by molar-refractivity contribution is 14.1. The third-order valence-corrected chi connectivity index (χ3v) is 3.67. The minimum atomic E-state index is -0.313. The first-order valence-corrected chi connectivity index (χ1v) is 7.20. The molecule has 0 amide bonds. The van der Waals surface area contributed by atoms with E-state index in [1.54, 1.807) is 32.4 Å². The lowest BCUT2D eigenvalue weighted by atomic mass is 10.0. The first kappa shape index (κ1) is 14.8. The summed E-state index contributed by atoms with van der Waals surface area (Å²) in [5.74, 6) is 0.247. The Bertz CT molecular complexity index is 611. The second-order valence-corrected chi connectivity index (χ2v) is 5.17. The molecule has 20 heavy (non-hydrogen) atoms. The van der Waals surface area contributed by atoms with E-state index in [0.29, 0.717) is 18.1 Å². The Balaban J connectivity index is 2.39. The molecule has 0 aliphatic carbocycles. The van der Waals surface area contributed by atoms with Crippen molar-refractivity contribution in [2.75, 3.05) is 13.7 Å². The van der Waals surface area contributed by atoms with Crippen molar-refractivity contribution in [1.29, 1.82) is 0 Å². The summed E-state index contributed by atoms with van der Waals surface area (Å²) in [6.45, 7) is 2.16. The Labute approximate surface area is 131 Å². The number of esters is 1. The first-order valence-electron chi connectivity index (χ1n) is 6.12. The summed E-state index contributed by atoms with van der Waals surface area (Å²) in [4.78, 5) is 16.0. The van der Waals surface area contributed by atoms with Crippen LogP contribution in [-0.4, -0.2) is 24.7 Å². The molecule has 2 aromatic rings. The molecule has 0 aliphatic heterocycles. The van der Waals surface area contributed by atoms with Crippen LogP contribution in [0.4, 0.5) is 0 Å². The molecule has 0 saturated carbocycles. The SMILES string of the molecule is CCOC(=O)c1ccc(I)c(-c2ccc(OC)nc2)c1. The monoisotopic (exact) mass is 383 g/mol. The van der Waals surface area contributed by atoms with Crippen LogP contribution < -0.4 is 4.74 Å². The van der Waals surface area contributed by atoms with Crippen LogP contribution >= 0.6 is 22.6 Å². The quantitative estimate of drug-likeness (QED) is 0.599. The van der Waals surface area contributed by atoms with E-state index >= 15 is 0 Å². The predicted octanol–water partition coefficient (Wildman–Crippen LogP) is 3.54. The van der Waals surface area contributed by atoms with Crippen LogP contribution in [0.2, 0.25) is 0 Å². The number of hydrogen-bond donors (Lipinski definition) is 0. The Morgan fingerprint density at radius 3 is 2.70 bits per heavy atom. The standard InChI is InChI=1S/C15H14INO3/c1-3-20-15(18)10-4-6-13(16)12(8-10)11-5-7-14(19-2)17-9-11/h4-9H,3H2,1-2H3. The summed E-state index contributed by atoms with van der Waals surface area (Å²) in [5.41, 5.74) is 2.42. The molecule has 0 spiro atoms. The number of halogens is 1. The predicted molar refractivity (Wildman–Crippen MR) is 84.9 cm³/mol. The highest BCUT2D eigenvalue weighted by atomic mass is 127. The largest absolute Gasteiger partial charge is 0.481 e. The number of carbonyl (C=O) groups excluding carboxylic acids is 1. The van der Waals surface area contributed by atoms with Crippen molar-refractivity contribution in [3.05, 3.63) is 45.7 Å². The lowest BCUT2D eigenvalue weighted by Gasteiger charge is -2.08. The molecule has 0 fully saturated rings. The van der Waals surface area contributed by atoms with Gasteiger partial charge in [-0.1, -0.05) is 0 Å². The topological polar surface area (TPSA) is 48.4 Å². The zero-order chi connectivity index (χ0) is 14.5. The average molecular weight is 383 g/mol. The fourth-order valence-electron chi connectivity index (χ4n) is 1.75. The number of benzene rings is 1. The van der Waals surface area contributed by atoms with Crippen LogP contribution in [0, 0.1) is 3.57 Å². The van der Waals surface area contributed by atoms with Crippen molar-refractivity contribution in [3.8, 4) is 17.0 Å². The summed E-state index contributed by atoms with van der Waals surface area (Å²) in [6, 6.07) is 9.19. The molecule has 0 atom stereocenters. The number of ether oxygens (including phenoxy) is 2. The van der Waals surface area contributed by atoms with Gasteiger partial charge in [-0.3, -0.25) is 0 Å². The molecule has 1 heterocycles. The van der Waals surface area contributed by atoms with E-state index in [1.807, 2.05) is 18.2 Å². The van der Waals surface area contributed by atoms with Crippen molar-refractivity contribution in [1.82, 2.24) is 4.98 Å². The fourth-order valence-corrected chi connectivity index (χ4v) is 2.40. The molecule has 0 bridgehead atoms. The number of pyridine rings is 1. The van der Waals surface area contributed by atoms with Crippen molar-refractivity contribution in [3.63, 3.8) is 0 Å². The van der Waals surface area contributed by atoms with E-state index in [0.717, 1.165) is 14.7 Å². The highest BCUT2D eigenvalue weighted by Crippen LogP contribution is 2.27. The normalized spacial score (nSPS) is 10.2. The average Bonchev–Trinajstić information content (AvgIpc) is 2.48. The second-order valence-electron chi connectivity index (χ2n) is 4.00. The fraction of sp³-hybridized carbons (Fsp3) is 0.200. The molecule has 1 aromatic carbocycles. The van der Waals surface area contributed by atoms with Crippen molar-refractivity contribution in [2.45, 2.75) is 6.92 Å². The Hall–Kier alpha value is -1.63. The van der Waals surface area contributed by atoms with Gasteiger partial charge < -0.3 is 9.47 Å². The van der Waals surface area contributed by atoms with Crippen molar-refractivity contribution in [2.24, 2.45) is 0 Å². The smallest absolute Gasteiger partial charge is 0.338 e. The molecule has 0 saturated heterocycles. The van der Waals surface area contributed by atoms with Gasteiger partial charge in [0.25, 0.3) is 0 Å². The van der Waals surface area contributed by atoms with Gasteiger partial charge in [0.05, 0.1) is 19.3 Å². The van der Waals surface area contributed by atoms with Gasteiger partial charge in [-0.2, -0.15) is 0 Å². The molecule has 0 aliphatic rings. The van der Waals surface area contributed by atoms with Gasteiger partial charge >= 0.3 is 5.97 Å². The zero-order valence-corrected chi connectivity index (χ0v) is 13.4. The summed E-state index contributed by atoms with van der Waals surface area (Å²) < 4.78 is 11.1. The van der Waals surface area contributed by atoms with E-state index in [2.05, 4.69) is 27.6 Å². The zero-order valence-electron chi connectivity index (χ0n) is 11.2. The number of rotatable bonds is 4. The Morgan fingerprint density at radius 1 is 1.30 bits per heavy atom. The minimum absolute atomic E-state index is 0.313. The Morgan fingerprint density at radius 2 is 2.10 bits per heavy atom. The number of hydrogen-bond acceptors (Lipinski definition) is 4. The molecular formula is C15H14INO3. The van der Waals surface area contributed by atoms with Gasteiger partial charge in [-0.05, 0) is 59.3 Å². The van der Waals surface area contributed by atoms with E-state index in [1.165, 1.54) is 0 Å². The molecule has 4 nitrogen and oxygen atoms in total. The molecular weight excluding hydrogens is 369 g/mol. The molecule has 5 heteroatoms. The van der Waals surface area contributed by atoms with Crippen LogP contribution in [0.5, 0.6) is 5.88 Å². The number of carbonyl (C=O) groups is 1. The lowest BCUT2D eigenvalue weighted by molar-refractivity contribution is 0.0526. The van der Waals surface area contributed by atoms with Gasteiger partial charge in [-0.25, -0.2) is 9.78 Å². The molecule has 0 radical (unpaired) electrons. The maximum Gasteiger partial charge on any atom is 0.338 e. The maximum absolute atomic E-state index is 11.8. The summed E-state index contributed by atoms with van der Waals surface area (Å²) in [6.07, 6.45) is 1.73. The molecule has 104 valence electrons. The maximum atomic E-state index is 11.8. The van der Waals surface area contributed by atoms with Crippen LogP contribution in [0.1, 0.15) is 17.3 Å². The van der Waals surface area contributed by atoms with Crippen LogP contribution in [-0.2, 0) is 4.74 Å². The van der Waals surface area contributed by atoms with E-state index in [-0.39, 0.29) is 5.97 Å². The number of methoxy groups -OCH3 is 1. The van der Waals surface area contributed by atoms with Gasteiger partial charge in [-0.15, -0.1) is 0 Å². The van der Waals surface area contributed by atoms with Gasteiger partial charge in [0.15, 0.2) is 0 Å². The van der Waals surface area contributed by atoms with Gasteiger partial charge in [0.2, 0.25) is 5.88 Å². The first-order chi connectivity index (χ1) is 9.65. The van der Waals surface area contributed by atoms with E-state index in [9.17, 15) is 4.79 Å². The number of nitrogens with zero attached hydrogens (tertiary/aromatic N) is 1. The summed E-state index contributed by atoms with van der Waals surface area (Å²) in [5, 5.41) is 0. The van der Waals surface area contributed by atoms with Crippen molar-refractivity contribution < 1.29 is 14.3 Å². The lowest BCUT2D eigenvalue weighted by Crippen LogP contribution is -2.05. The third kappa shape index (κ3) is 3.27. The van der Waals surface area contributed by atoms with Crippen LogP contribution in [0.25, 0.3) is 11.1 Å². The molecule has 1 aromatic heterocycles. The summed E-state index contributed by atoms with van der Waals surface area (Å²) in [7, 11) is 1.58. The third-order valence-electron chi connectivity index (χ3n) is 2.73. The minimum Gasteiger partial charge on any atom is -0.481 e. The number of aromatic nitrogens is 1. The summed E-state index contributed by atoms with van der Waals surface area (Å²) >= 11 is 2.23. The van der Waals surface area contributed by atoms with Crippen molar-refractivity contribution >= 4 is 28.6 Å².